The van der Waals surface area contributed by atoms with Crippen LogP contribution >= 0.6 is 0 Å². The van der Waals surface area contributed by atoms with E-state index in [-0.39, 0.29) is 0 Å². The maximum absolute atomic E-state index is 2.21. The van der Waals surface area contributed by atoms with E-state index < -0.39 is 0 Å². The minimum atomic E-state index is 1.11. The molecule has 0 amide bonds. The van der Waals surface area contributed by atoms with E-state index in [9.17, 15) is 0 Å². The van der Waals surface area contributed by atoms with E-state index in [4.69, 9.17) is 0 Å². The number of nitrogens with zero attached hydrogens (tertiary/aromatic N) is 1. The van der Waals surface area contributed by atoms with Crippen molar-refractivity contribution in [3.8, 4) is 0 Å². The molecule has 0 aromatic heterocycles. The largest absolute Gasteiger partial charge is 0.260 e. The second-order valence-corrected chi connectivity index (χ2v) is 1.96. The minimum Gasteiger partial charge on any atom is -0.260 e. The highest BCUT2D eigenvalue weighted by atomic mass is 15.6. The van der Waals surface area contributed by atoms with Gasteiger partial charge in [-0.3, -0.25) is 5.01 Å². The highest BCUT2D eigenvalue weighted by Gasteiger charge is 1.95. The zero-order valence-electron chi connectivity index (χ0n) is 5.65. The fourth-order valence-electron chi connectivity index (χ4n) is 0.316. The molecule has 0 fully saturated rings. The van der Waals surface area contributed by atoms with Crippen molar-refractivity contribution in [2.24, 2.45) is 0 Å². The van der Waals surface area contributed by atoms with Crippen LogP contribution in [0.4, 0.5) is 0 Å². The second-order valence-electron chi connectivity index (χ2n) is 1.96. The van der Waals surface area contributed by atoms with Crippen LogP contribution in [0.1, 0.15) is 6.92 Å². The van der Waals surface area contributed by atoms with Gasteiger partial charge in [0.2, 0.25) is 0 Å². The molecule has 7 heavy (non-hydrogen) atoms. The standard InChI is InChI=1S/C5H14N2/c1-5-7(4)6(2)3/h5H2,1-4H3/p+1. The van der Waals surface area contributed by atoms with E-state index in [1.54, 1.807) is 0 Å². The summed E-state index contributed by atoms with van der Waals surface area (Å²) in [5, 5.41) is 3.59. The summed E-state index contributed by atoms with van der Waals surface area (Å²) >= 11 is 0. The molecule has 0 radical (unpaired) electrons. The maximum atomic E-state index is 2.21. The van der Waals surface area contributed by atoms with Crippen LogP contribution in [0.25, 0.3) is 0 Å². The van der Waals surface area contributed by atoms with Crippen LogP contribution in [0.15, 0.2) is 0 Å². The van der Waals surface area contributed by atoms with Crippen molar-refractivity contribution in [3.05, 3.63) is 0 Å². The third kappa shape index (κ3) is 2.60. The Morgan fingerprint density at radius 2 is 1.86 bits per heavy atom. The van der Waals surface area contributed by atoms with Crippen molar-refractivity contribution in [2.75, 3.05) is 27.7 Å². The van der Waals surface area contributed by atoms with E-state index in [1.807, 2.05) is 0 Å². The molecule has 0 aromatic carbocycles. The van der Waals surface area contributed by atoms with Crippen LogP contribution in [-0.4, -0.2) is 32.7 Å². The van der Waals surface area contributed by atoms with Gasteiger partial charge in [-0.1, -0.05) is 0 Å². The predicted molar refractivity (Wildman–Crippen MR) is 31.1 cm³/mol. The third-order valence-electron chi connectivity index (χ3n) is 1.24. The van der Waals surface area contributed by atoms with Gasteiger partial charge in [-0.25, -0.2) is 0 Å². The first-order valence-electron chi connectivity index (χ1n) is 2.69. The second kappa shape index (κ2) is 2.99. The van der Waals surface area contributed by atoms with Crippen LogP contribution in [0.5, 0.6) is 0 Å². The number of rotatable bonds is 2. The fourth-order valence-corrected chi connectivity index (χ4v) is 0.316. The van der Waals surface area contributed by atoms with Gasteiger partial charge in [0, 0.05) is 13.6 Å². The van der Waals surface area contributed by atoms with E-state index >= 15 is 0 Å². The Balaban J connectivity index is 3.14. The first-order valence-corrected chi connectivity index (χ1v) is 2.69. The van der Waals surface area contributed by atoms with Gasteiger partial charge in [0.25, 0.3) is 0 Å². The van der Waals surface area contributed by atoms with Gasteiger partial charge in [-0.15, -0.1) is 0 Å². The molecule has 44 valence electrons. The van der Waals surface area contributed by atoms with Gasteiger partial charge in [0.15, 0.2) is 0 Å². The fraction of sp³-hybridized carbons (Fsp3) is 1.00. The molecule has 0 bridgehead atoms. The van der Waals surface area contributed by atoms with Crippen molar-refractivity contribution in [3.63, 3.8) is 0 Å². The first-order chi connectivity index (χ1) is 3.18. The molecule has 0 atom stereocenters. The van der Waals surface area contributed by atoms with Crippen molar-refractivity contribution < 1.29 is 5.01 Å². The molecule has 0 heterocycles. The molecule has 1 N–H and O–H groups in total. The molecular weight excluding hydrogens is 88.1 g/mol. The molecule has 0 rings (SSSR count). The molecule has 0 saturated carbocycles. The lowest BCUT2D eigenvalue weighted by atomic mass is 10.7. The Morgan fingerprint density at radius 3 is 1.86 bits per heavy atom. The van der Waals surface area contributed by atoms with Gasteiger partial charge in [-0.05, 0) is 6.92 Å². The molecule has 0 aliphatic carbocycles. The predicted octanol–water partition coefficient (Wildman–Crippen LogP) is -1.00. The Kier molecular flexibility index (Phi) is 2.96. The van der Waals surface area contributed by atoms with Crippen molar-refractivity contribution in [2.45, 2.75) is 6.92 Å². The van der Waals surface area contributed by atoms with E-state index in [2.05, 4.69) is 33.1 Å². The lowest BCUT2D eigenvalue weighted by molar-refractivity contribution is -0.978. The lowest BCUT2D eigenvalue weighted by Gasteiger charge is -2.17. The molecular formula is C5H15N2+. The Hall–Kier alpha value is -0.0800. The van der Waals surface area contributed by atoms with Crippen LogP contribution in [-0.2, 0) is 0 Å². The highest BCUT2D eigenvalue weighted by Crippen LogP contribution is 1.58. The van der Waals surface area contributed by atoms with Crippen molar-refractivity contribution in [1.29, 1.82) is 0 Å². The van der Waals surface area contributed by atoms with Gasteiger partial charge in [0.05, 0.1) is 14.1 Å². The summed E-state index contributed by atoms with van der Waals surface area (Å²) in [6.45, 7) is 3.26. The van der Waals surface area contributed by atoms with Gasteiger partial charge >= 0.3 is 0 Å². The third-order valence-corrected chi connectivity index (χ3v) is 1.24. The SMILES string of the molecule is CCN(C)[NH+](C)C. The molecule has 0 aromatic rings. The topological polar surface area (TPSA) is 7.68 Å². The molecule has 0 unspecified atom stereocenters. The summed E-state index contributed by atoms with van der Waals surface area (Å²) in [5.74, 6) is 0. The molecule has 0 saturated heterocycles. The Bertz CT molecular complexity index is 43.3. The number of hydrogen-bond acceptors (Lipinski definition) is 1. The average Bonchev–Trinajstić information content (AvgIpc) is 1.65. The average molecular weight is 103 g/mol. The van der Waals surface area contributed by atoms with Gasteiger partial charge in [-0.2, -0.15) is 5.01 Å². The first kappa shape index (κ1) is 6.92. The Morgan fingerprint density at radius 1 is 1.43 bits per heavy atom. The molecule has 0 aliphatic heterocycles. The number of hydrogen-bond donors (Lipinski definition) is 1. The monoisotopic (exact) mass is 103 g/mol. The maximum Gasteiger partial charge on any atom is 0.0841 e. The summed E-state index contributed by atoms with van der Waals surface area (Å²) in [6.07, 6.45) is 0. The summed E-state index contributed by atoms with van der Waals surface area (Å²) in [5.41, 5.74) is 0. The van der Waals surface area contributed by atoms with Gasteiger partial charge in [0.1, 0.15) is 0 Å². The minimum absolute atomic E-state index is 1.11. The molecule has 2 heteroatoms. The van der Waals surface area contributed by atoms with Crippen LogP contribution in [0.3, 0.4) is 0 Å². The lowest BCUT2D eigenvalue weighted by Crippen LogP contribution is -3.12. The van der Waals surface area contributed by atoms with E-state index in [0.29, 0.717) is 0 Å². The van der Waals surface area contributed by atoms with Crippen molar-refractivity contribution >= 4 is 0 Å². The van der Waals surface area contributed by atoms with E-state index in [0.717, 1.165) is 6.54 Å². The molecule has 0 aliphatic rings. The molecule has 0 spiro atoms. The zero-order chi connectivity index (χ0) is 5.86. The highest BCUT2D eigenvalue weighted by molar-refractivity contribution is 4.16. The summed E-state index contributed by atoms with van der Waals surface area (Å²) < 4.78 is 0. The smallest absolute Gasteiger partial charge is 0.0841 e. The summed E-state index contributed by atoms with van der Waals surface area (Å²) in [4.78, 5) is 0. The van der Waals surface area contributed by atoms with Gasteiger partial charge < -0.3 is 0 Å². The normalized spacial score (nSPS) is 11.1. The molecule has 2 nitrogen and oxygen atoms in total. The number of quaternary nitrogens is 1. The van der Waals surface area contributed by atoms with Crippen LogP contribution in [0.2, 0.25) is 0 Å². The van der Waals surface area contributed by atoms with Crippen LogP contribution < -0.4 is 5.01 Å². The summed E-state index contributed by atoms with van der Waals surface area (Å²) in [6, 6.07) is 0. The number of nitrogens with one attached hydrogen (secondary N) is 1. The van der Waals surface area contributed by atoms with Crippen molar-refractivity contribution in [1.82, 2.24) is 5.01 Å². The van der Waals surface area contributed by atoms with Crippen LogP contribution in [0, 0.1) is 0 Å². The quantitative estimate of drug-likeness (QED) is 0.440. The Labute approximate surface area is 45.7 Å². The van der Waals surface area contributed by atoms with E-state index in [1.165, 1.54) is 5.01 Å². The zero-order valence-corrected chi connectivity index (χ0v) is 5.65. The summed E-state index contributed by atoms with van der Waals surface area (Å²) in [7, 11) is 6.32.